The Bertz CT molecular complexity index is 1070. The zero-order chi connectivity index (χ0) is 22.4. The van der Waals surface area contributed by atoms with Crippen LogP contribution >= 0.6 is 0 Å². The van der Waals surface area contributed by atoms with E-state index < -0.39 is 12.1 Å². The Kier molecular flexibility index (Phi) is 7.08. The summed E-state index contributed by atoms with van der Waals surface area (Å²) >= 11 is 0. The zero-order valence-electron chi connectivity index (χ0n) is 18.2. The second-order valence-corrected chi connectivity index (χ2v) is 7.35. The average molecular weight is 418 g/mol. The molecule has 0 fully saturated rings. The van der Waals surface area contributed by atoms with E-state index in [4.69, 9.17) is 14.2 Å². The van der Waals surface area contributed by atoms with Crippen LogP contribution in [0.15, 0.2) is 66.7 Å². The highest BCUT2D eigenvalue weighted by Gasteiger charge is 2.21. The normalized spacial score (nSPS) is 11.5. The van der Waals surface area contributed by atoms with E-state index in [0.717, 1.165) is 16.7 Å². The minimum absolute atomic E-state index is 0.244. The largest absolute Gasteiger partial charge is 0.493 e. The summed E-state index contributed by atoms with van der Waals surface area (Å²) in [7, 11) is 1.51. The molecule has 1 atom stereocenters. The van der Waals surface area contributed by atoms with Crippen molar-refractivity contribution in [3.8, 4) is 11.5 Å². The number of carbonyl (C=O) groups is 2. The first-order valence-electron chi connectivity index (χ1n) is 10.1. The van der Waals surface area contributed by atoms with Gasteiger partial charge in [-0.3, -0.25) is 4.79 Å². The summed E-state index contributed by atoms with van der Waals surface area (Å²) in [5, 5.41) is 0. The summed E-state index contributed by atoms with van der Waals surface area (Å²) < 4.78 is 16.6. The SMILES string of the molecule is COc1cc(C(=O)O[C@H](C)C(=O)c2ccc(C)c(C)c2)ccc1OCc1ccccc1. The van der Waals surface area contributed by atoms with E-state index in [9.17, 15) is 9.59 Å². The maximum absolute atomic E-state index is 12.7. The summed E-state index contributed by atoms with van der Waals surface area (Å²) in [4.78, 5) is 25.3. The van der Waals surface area contributed by atoms with Crippen molar-refractivity contribution in [2.75, 3.05) is 7.11 Å². The van der Waals surface area contributed by atoms with Gasteiger partial charge in [0.15, 0.2) is 17.6 Å². The Morgan fingerprint density at radius 3 is 2.23 bits per heavy atom. The Morgan fingerprint density at radius 2 is 1.55 bits per heavy atom. The number of carbonyl (C=O) groups excluding carboxylic acids is 2. The first-order valence-corrected chi connectivity index (χ1v) is 10.1. The molecule has 0 radical (unpaired) electrons. The number of ketones is 1. The van der Waals surface area contributed by atoms with Crippen LogP contribution in [0.2, 0.25) is 0 Å². The Hall–Kier alpha value is -3.60. The molecule has 0 amide bonds. The maximum atomic E-state index is 12.7. The maximum Gasteiger partial charge on any atom is 0.338 e. The predicted molar refractivity (Wildman–Crippen MR) is 119 cm³/mol. The van der Waals surface area contributed by atoms with Gasteiger partial charge in [-0.05, 0) is 61.7 Å². The van der Waals surface area contributed by atoms with Crippen molar-refractivity contribution >= 4 is 11.8 Å². The van der Waals surface area contributed by atoms with Crippen molar-refractivity contribution in [1.29, 1.82) is 0 Å². The van der Waals surface area contributed by atoms with Crippen molar-refractivity contribution in [3.63, 3.8) is 0 Å². The Balaban J connectivity index is 1.67. The molecular formula is C26H26O5. The molecule has 0 aliphatic carbocycles. The van der Waals surface area contributed by atoms with Gasteiger partial charge in [-0.2, -0.15) is 0 Å². The van der Waals surface area contributed by atoms with E-state index in [1.165, 1.54) is 7.11 Å². The van der Waals surface area contributed by atoms with Crippen LogP contribution in [-0.2, 0) is 11.3 Å². The molecule has 31 heavy (non-hydrogen) atoms. The van der Waals surface area contributed by atoms with Crippen LogP contribution in [0.4, 0.5) is 0 Å². The number of ether oxygens (including phenoxy) is 3. The highest BCUT2D eigenvalue weighted by atomic mass is 16.5. The van der Waals surface area contributed by atoms with Crippen LogP contribution in [0.25, 0.3) is 0 Å². The number of aryl methyl sites for hydroxylation is 2. The van der Waals surface area contributed by atoms with E-state index in [1.807, 2.05) is 56.3 Å². The van der Waals surface area contributed by atoms with Crippen LogP contribution in [0.3, 0.4) is 0 Å². The molecule has 0 saturated heterocycles. The number of Topliss-reactive ketones (excluding diaryl/α,β-unsaturated/α-hetero) is 1. The highest BCUT2D eigenvalue weighted by Crippen LogP contribution is 2.29. The molecule has 0 heterocycles. The fourth-order valence-electron chi connectivity index (χ4n) is 3.06. The van der Waals surface area contributed by atoms with Gasteiger partial charge in [0, 0.05) is 5.56 Å². The van der Waals surface area contributed by atoms with Crippen LogP contribution in [0, 0.1) is 13.8 Å². The fraction of sp³-hybridized carbons (Fsp3) is 0.231. The molecule has 160 valence electrons. The summed E-state index contributed by atoms with van der Waals surface area (Å²) in [5.74, 6) is 0.0875. The highest BCUT2D eigenvalue weighted by molar-refractivity contribution is 6.01. The number of esters is 1. The molecule has 0 aliphatic rings. The second kappa shape index (κ2) is 9.94. The molecule has 3 rings (SSSR count). The van der Waals surface area contributed by atoms with Gasteiger partial charge in [-0.1, -0.05) is 42.5 Å². The van der Waals surface area contributed by atoms with Gasteiger partial charge in [0.1, 0.15) is 6.61 Å². The topological polar surface area (TPSA) is 61.8 Å². The lowest BCUT2D eigenvalue weighted by Crippen LogP contribution is -2.24. The molecule has 0 saturated carbocycles. The molecule has 0 unspecified atom stereocenters. The Morgan fingerprint density at radius 1 is 0.839 bits per heavy atom. The van der Waals surface area contributed by atoms with Crippen molar-refractivity contribution in [2.24, 2.45) is 0 Å². The summed E-state index contributed by atoms with van der Waals surface area (Å²) in [6.45, 7) is 5.87. The van der Waals surface area contributed by atoms with Gasteiger partial charge in [0.2, 0.25) is 5.78 Å². The van der Waals surface area contributed by atoms with Gasteiger partial charge in [-0.25, -0.2) is 4.79 Å². The van der Waals surface area contributed by atoms with Crippen LogP contribution in [-0.4, -0.2) is 25.0 Å². The Labute approximate surface area is 182 Å². The summed E-state index contributed by atoms with van der Waals surface area (Å²) in [5.41, 5.74) is 3.93. The van der Waals surface area contributed by atoms with Gasteiger partial charge in [-0.15, -0.1) is 0 Å². The number of benzene rings is 3. The molecule has 0 aliphatic heterocycles. The fourth-order valence-corrected chi connectivity index (χ4v) is 3.06. The number of hydrogen-bond donors (Lipinski definition) is 0. The summed E-state index contributed by atoms with van der Waals surface area (Å²) in [6.07, 6.45) is -0.908. The second-order valence-electron chi connectivity index (χ2n) is 7.35. The molecule has 3 aromatic rings. The lowest BCUT2D eigenvalue weighted by Gasteiger charge is -2.15. The molecule has 0 aromatic heterocycles. The lowest BCUT2D eigenvalue weighted by molar-refractivity contribution is 0.0318. The third-order valence-corrected chi connectivity index (χ3v) is 5.08. The molecule has 5 heteroatoms. The third-order valence-electron chi connectivity index (χ3n) is 5.08. The molecular weight excluding hydrogens is 392 g/mol. The van der Waals surface area contributed by atoms with E-state index in [2.05, 4.69) is 0 Å². The van der Waals surface area contributed by atoms with Crippen molar-refractivity contribution in [2.45, 2.75) is 33.5 Å². The van der Waals surface area contributed by atoms with Gasteiger partial charge in [0.25, 0.3) is 0 Å². The number of hydrogen-bond acceptors (Lipinski definition) is 5. The molecule has 5 nitrogen and oxygen atoms in total. The standard InChI is InChI=1S/C26H26O5/c1-17-10-11-21(14-18(17)2)25(27)19(3)31-26(28)22-12-13-23(24(15-22)29-4)30-16-20-8-6-5-7-9-20/h5-15,19H,16H2,1-4H3/t19-/m1/s1. The predicted octanol–water partition coefficient (Wildman–Crippen LogP) is 5.32. The van der Waals surface area contributed by atoms with E-state index in [-0.39, 0.29) is 11.3 Å². The van der Waals surface area contributed by atoms with Gasteiger partial charge >= 0.3 is 5.97 Å². The average Bonchev–Trinajstić information content (AvgIpc) is 2.79. The van der Waals surface area contributed by atoms with Crippen LogP contribution in [0.5, 0.6) is 11.5 Å². The van der Waals surface area contributed by atoms with E-state index in [0.29, 0.717) is 23.7 Å². The minimum atomic E-state index is -0.908. The van der Waals surface area contributed by atoms with Gasteiger partial charge < -0.3 is 14.2 Å². The molecule has 0 bridgehead atoms. The minimum Gasteiger partial charge on any atom is -0.493 e. The van der Waals surface area contributed by atoms with Crippen LogP contribution < -0.4 is 9.47 Å². The van der Waals surface area contributed by atoms with Crippen molar-refractivity contribution in [3.05, 3.63) is 94.5 Å². The first kappa shape index (κ1) is 22.1. The van der Waals surface area contributed by atoms with Gasteiger partial charge in [0.05, 0.1) is 12.7 Å². The smallest absolute Gasteiger partial charge is 0.338 e. The van der Waals surface area contributed by atoms with E-state index in [1.54, 1.807) is 31.2 Å². The quantitative estimate of drug-likeness (QED) is 0.366. The van der Waals surface area contributed by atoms with Crippen LogP contribution in [0.1, 0.15) is 44.3 Å². The molecule has 0 spiro atoms. The zero-order valence-corrected chi connectivity index (χ0v) is 18.2. The lowest BCUT2D eigenvalue weighted by atomic mass is 10.0. The molecule has 0 N–H and O–H groups in total. The van der Waals surface area contributed by atoms with Crippen molar-refractivity contribution in [1.82, 2.24) is 0 Å². The van der Waals surface area contributed by atoms with E-state index >= 15 is 0 Å². The molecule has 3 aromatic carbocycles. The summed E-state index contributed by atoms with van der Waals surface area (Å²) in [6, 6.07) is 20.0. The van der Waals surface area contributed by atoms with Crippen molar-refractivity contribution < 1.29 is 23.8 Å². The first-order chi connectivity index (χ1) is 14.9. The number of methoxy groups -OCH3 is 1. The third kappa shape index (κ3) is 5.51. The number of rotatable bonds is 8. The monoisotopic (exact) mass is 418 g/mol.